The molecule has 4 nitrogen and oxygen atoms in total. The molecule has 0 radical (unpaired) electrons. The molecule has 3 rings (SSSR count). The van der Waals surface area contributed by atoms with Gasteiger partial charge in [-0.15, -0.1) is 0 Å². The lowest BCUT2D eigenvalue weighted by molar-refractivity contribution is -0.126. The van der Waals surface area contributed by atoms with Crippen LogP contribution in [-0.2, 0) is 14.0 Å². The van der Waals surface area contributed by atoms with Crippen molar-refractivity contribution in [2.75, 3.05) is 13.2 Å². The predicted octanol–water partition coefficient (Wildman–Crippen LogP) is 3.92. The third kappa shape index (κ3) is 2.77. The van der Waals surface area contributed by atoms with Crippen molar-refractivity contribution in [1.29, 1.82) is 0 Å². The third-order valence-corrected chi connectivity index (χ3v) is 12.6. The van der Waals surface area contributed by atoms with Crippen LogP contribution < -0.4 is 0 Å². The highest BCUT2D eigenvalue weighted by molar-refractivity contribution is 6.74. The first-order valence-electron chi connectivity index (χ1n) is 9.91. The van der Waals surface area contributed by atoms with Gasteiger partial charge in [0, 0.05) is 11.8 Å². The molecule has 0 aromatic carbocycles. The summed E-state index contributed by atoms with van der Waals surface area (Å²) >= 11 is 0. The van der Waals surface area contributed by atoms with Crippen molar-refractivity contribution < 1.29 is 19.1 Å². The fraction of sp³-hybridized carbons (Fsp3) is 0.950. The number of rotatable bonds is 5. The Morgan fingerprint density at radius 1 is 1.24 bits per heavy atom. The predicted molar refractivity (Wildman–Crippen MR) is 101 cm³/mol. The smallest absolute Gasteiger partial charge is 0.192 e. The fourth-order valence-electron chi connectivity index (χ4n) is 5.69. The molecular weight excluding hydrogens is 332 g/mol. The van der Waals surface area contributed by atoms with E-state index in [1.807, 2.05) is 0 Å². The Kier molecular flexibility index (Phi) is 4.80. The minimum atomic E-state index is -1.86. The summed E-state index contributed by atoms with van der Waals surface area (Å²) in [6, 6.07) is 0. The topological polar surface area (TPSA) is 55.8 Å². The summed E-state index contributed by atoms with van der Waals surface area (Å²) in [6.07, 6.45) is 4.98. The maximum Gasteiger partial charge on any atom is 0.192 e. The van der Waals surface area contributed by atoms with Crippen LogP contribution in [0.5, 0.6) is 0 Å². The van der Waals surface area contributed by atoms with Gasteiger partial charge in [0.05, 0.1) is 31.3 Å². The van der Waals surface area contributed by atoms with Crippen LogP contribution >= 0.6 is 0 Å². The third-order valence-electron chi connectivity index (χ3n) is 8.10. The average molecular weight is 369 g/mol. The van der Waals surface area contributed by atoms with Crippen LogP contribution in [0.25, 0.3) is 0 Å². The number of hydrogen-bond acceptors (Lipinski definition) is 4. The van der Waals surface area contributed by atoms with Crippen LogP contribution in [-0.4, -0.2) is 44.6 Å². The first-order chi connectivity index (χ1) is 11.5. The molecule has 3 aliphatic carbocycles. The van der Waals surface area contributed by atoms with Crippen molar-refractivity contribution in [2.45, 2.75) is 90.1 Å². The highest BCUT2D eigenvalue weighted by Gasteiger charge is 2.71. The Bertz CT molecular complexity index is 540. The van der Waals surface area contributed by atoms with Gasteiger partial charge in [-0.2, -0.15) is 0 Å². The van der Waals surface area contributed by atoms with E-state index in [4.69, 9.17) is 14.3 Å². The number of ketones is 1. The second-order valence-electron chi connectivity index (χ2n) is 10.3. The molecule has 3 aliphatic rings. The Morgan fingerprint density at radius 2 is 1.88 bits per heavy atom. The maximum absolute atomic E-state index is 13.0. The zero-order chi connectivity index (χ0) is 18.7. The Morgan fingerprint density at radius 3 is 2.48 bits per heavy atom. The van der Waals surface area contributed by atoms with E-state index in [1.165, 1.54) is 0 Å². The monoisotopic (exact) mass is 368 g/mol. The number of aliphatic hydroxyl groups excluding tert-OH is 1. The number of Topliss-reactive ketones (excluding diaryl/α,β-unsaturated/α-hetero) is 1. The first-order valence-corrected chi connectivity index (χ1v) is 12.8. The molecule has 0 aromatic rings. The van der Waals surface area contributed by atoms with Crippen molar-refractivity contribution >= 4 is 14.1 Å². The van der Waals surface area contributed by atoms with E-state index in [0.29, 0.717) is 18.8 Å². The molecular formula is C20H36O4Si. The Hall–Kier alpha value is -0.233. The first kappa shape index (κ1) is 19.5. The lowest BCUT2D eigenvalue weighted by Crippen LogP contribution is -2.49. The largest absolute Gasteiger partial charge is 0.413 e. The summed E-state index contributed by atoms with van der Waals surface area (Å²) in [5.41, 5.74) is -0.00116. The molecule has 0 amide bonds. The SMILES string of the molecule is CC(C)(C)[Si](C)(C)O[C@H]1CC[C@@]23CCC(OCCO)[C@@H]2C(=O)C[C@@]13C. The Balaban J connectivity index is 1.85. The van der Waals surface area contributed by atoms with Gasteiger partial charge in [0.2, 0.25) is 0 Å². The average Bonchev–Trinajstić information content (AvgIpc) is 3.05. The molecule has 144 valence electrons. The standard InChI is InChI=1S/C20H36O4Si/c1-18(2,3)25(5,6)24-16-8-10-20-9-7-15(23-12-11-21)17(20)14(22)13-19(16,20)4/h15-17,21H,7-13H2,1-6H3/t15?,16-,17-,19-,20-/m0/s1. The molecule has 0 heterocycles. The summed E-state index contributed by atoms with van der Waals surface area (Å²) in [4.78, 5) is 13.0. The normalized spacial score (nSPS) is 41.2. The van der Waals surface area contributed by atoms with E-state index < -0.39 is 8.32 Å². The van der Waals surface area contributed by atoms with Gasteiger partial charge in [0.25, 0.3) is 0 Å². The number of carbonyl (C=O) groups is 1. The van der Waals surface area contributed by atoms with Gasteiger partial charge in [0.15, 0.2) is 8.32 Å². The van der Waals surface area contributed by atoms with E-state index in [0.717, 1.165) is 25.7 Å². The van der Waals surface area contributed by atoms with E-state index in [1.54, 1.807) is 0 Å². The summed E-state index contributed by atoms with van der Waals surface area (Å²) in [5, 5.41) is 9.27. The van der Waals surface area contributed by atoms with Gasteiger partial charge in [-0.05, 0) is 49.2 Å². The van der Waals surface area contributed by atoms with E-state index >= 15 is 0 Å². The van der Waals surface area contributed by atoms with Crippen LogP contribution in [0.4, 0.5) is 0 Å². The molecule has 3 fully saturated rings. The lowest BCUT2D eigenvalue weighted by atomic mass is 9.66. The Labute approximate surface area is 153 Å². The van der Waals surface area contributed by atoms with Crippen LogP contribution in [0.1, 0.15) is 59.8 Å². The van der Waals surface area contributed by atoms with Crippen LogP contribution in [0.3, 0.4) is 0 Å². The lowest BCUT2D eigenvalue weighted by Gasteiger charge is -2.45. The minimum absolute atomic E-state index is 0.00639. The van der Waals surface area contributed by atoms with Gasteiger partial charge in [-0.3, -0.25) is 4.79 Å². The summed E-state index contributed by atoms with van der Waals surface area (Å²) in [6.45, 7) is 14.2. The molecule has 0 saturated heterocycles. The summed E-state index contributed by atoms with van der Waals surface area (Å²) in [7, 11) is -1.86. The van der Waals surface area contributed by atoms with Gasteiger partial charge >= 0.3 is 0 Å². The second-order valence-corrected chi connectivity index (χ2v) is 15.0. The van der Waals surface area contributed by atoms with Gasteiger partial charge < -0.3 is 14.3 Å². The zero-order valence-corrected chi connectivity index (χ0v) is 17.9. The van der Waals surface area contributed by atoms with Gasteiger partial charge in [-0.1, -0.05) is 27.7 Å². The maximum atomic E-state index is 13.0. The van der Waals surface area contributed by atoms with Crippen LogP contribution in [0.2, 0.25) is 18.1 Å². The van der Waals surface area contributed by atoms with Crippen molar-refractivity contribution in [3.63, 3.8) is 0 Å². The second kappa shape index (κ2) is 6.15. The van der Waals surface area contributed by atoms with Crippen LogP contribution in [0, 0.1) is 16.7 Å². The van der Waals surface area contributed by atoms with Crippen molar-refractivity contribution in [3.8, 4) is 0 Å². The highest BCUT2D eigenvalue weighted by atomic mass is 28.4. The molecule has 5 atom stereocenters. The molecule has 1 unspecified atom stereocenters. The number of ether oxygens (including phenoxy) is 1. The quantitative estimate of drug-likeness (QED) is 0.747. The van der Waals surface area contributed by atoms with Crippen molar-refractivity contribution in [2.24, 2.45) is 16.7 Å². The molecule has 3 saturated carbocycles. The number of hydrogen-bond donors (Lipinski definition) is 1. The van der Waals surface area contributed by atoms with E-state index in [9.17, 15) is 4.79 Å². The molecule has 1 spiro atoms. The van der Waals surface area contributed by atoms with Crippen molar-refractivity contribution in [3.05, 3.63) is 0 Å². The number of aliphatic hydroxyl groups is 1. The van der Waals surface area contributed by atoms with Gasteiger partial charge in [-0.25, -0.2) is 0 Å². The van der Waals surface area contributed by atoms with E-state index in [-0.39, 0.29) is 40.6 Å². The van der Waals surface area contributed by atoms with Crippen LogP contribution in [0.15, 0.2) is 0 Å². The molecule has 0 aliphatic heterocycles. The molecule has 0 bridgehead atoms. The van der Waals surface area contributed by atoms with Crippen molar-refractivity contribution in [1.82, 2.24) is 0 Å². The fourth-order valence-corrected chi connectivity index (χ4v) is 7.14. The number of carbonyl (C=O) groups excluding carboxylic acids is 1. The molecule has 1 N–H and O–H groups in total. The van der Waals surface area contributed by atoms with Gasteiger partial charge in [0.1, 0.15) is 5.78 Å². The van der Waals surface area contributed by atoms with E-state index in [2.05, 4.69) is 40.8 Å². The minimum Gasteiger partial charge on any atom is -0.413 e. The molecule has 5 heteroatoms. The summed E-state index contributed by atoms with van der Waals surface area (Å²) in [5.74, 6) is 0.378. The molecule has 0 aromatic heterocycles. The highest BCUT2D eigenvalue weighted by Crippen LogP contribution is 2.71. The molecule has 25 heavy (non-hydrogen) atoms. The summed E-state index contributed by atoms with van der Waals surface area (Å²) < 4.78 is 12.7. The zero-order valence-electron chi connectivity index (χ0n) is 16.9.